The van der Waals surface area contributed by atoms with E-state index >= 15 is 0 Å². The predicted molar refractivity (Wildman–Crippen MR) is 99.6 cm³/mol. The summed E-state index contributed by atoms with van der Waals surface area (Å²) in [7, 11) is 0. The second-order valence-corrected chi connectivity index (χ2v) is 6.56. The number of amides is 1. The first-order valence-electron chi connectivity index (χ1n) is 8.11. The Hall–Kier alpha value is -2.93. The van der Waals surface area contributed by atoms with Gasteiger partial charge in [0.05, 0.1) is 17.9 Å². The molecule has 0 saturated heterocycles. The lowest BCUT2D eigenvalue weighted by Gasteiger charge is -2.01. The number of anilines is 1. The molecule has 2 aromatic heterocycles. The van der Waals surface area contributed by atoms with E-state index in [2.05, 4.69) is 10.3 Å². The molecule has 26 heavy (non-hydrogen) atoms. The number of esters is 1. The van der Waals surface area contributed by atoms with E-state index < -0.39 is 5.97 Å². The fourth-order valence-corrected chi connectivity index (χ4v) is 3.40. The Kier molecular flexibility index (Phi) is 5.18. The van der Waals surface area contributed by atoms with Crippen LogP contribution in [0.15, 0.2) is 40.8 Å². The van der Waals surface area contributed by atoms with E-state index in [9.17, 15) is 9.59 Å². The third kappa shape index (κ3) is 3.67. The van der Waals surface area contributed by atoms with Gasteiger partial charge in [-0.25, -0.2) is 9.78 Å². The van der Waals surface area contributed by atoms with E-state index in [4.69, 9.17) is 9.15 Å². The van der Waals surface area contributed by atoms with E-state index in [1.807, 2.05) is 30.3 Å². The number of thiazole rings is 1. The van der Waals surface area contributed by atoms with Gasteiger partial charge in [-0.05, 0) is 26.8 Å². The first-order valence-corrected chi connectivity index (χ1v) is 8.93. The Morgan fingerprint density at radius 3 is 2.58 bits per heavy atom. The summed E-state index contributed by atoms with van der Waals surface area (Å²) in [5.41, 5.74) is 1.71. The zero-order valence-electron chi connectivity index (χ0n) is 14.7. The number of nitrogens with zero attached hydrogens (tertiary/aromatic N) is 1. The van der Waals surface area contributed by atoms with Crippen molar-refractivity contribution in [2.24, 2.45) is 0 Å². The van der Waals surface area contributed by atoms with Crippen LogP contribution in [-0.2, 0) is 4.74 Å². The molecule has 0 aliphatic carbocycles. The highest BCUT2D eigenvalue weighted by molar-refractivity contribution is 7.18. The summed E-state index contributed by atoms with van der Waals surface area (Å²) in [5.74, 6) is 0.400. The molecule has 0 atom stereocenters. The molecule has 134 valence electrons. The summed E-state index contributed by atoms with van der Waals surface area (Å²) in [6.45, 7) is 5.51. The molecule has 0 aliphatic rings. The van der Waals surface area contributed by atoms with Gasteiger partial charge in [0, 0.05) is 5.56 Å². The number of carbonyl (C=O) groups excluding carboxylic acids is 2. The van der Waals surface area contributed by atoms with Crippen LogP contribution in [0.1, 0.15) is 38.5 Å². The van der Waals surface area contributed by atoms with Gasteiger partial charge >= 0.3 is 5.97 Å². The maximum Gasteiger partial charge on any atom is 0.350 e. The molecule has 0 unspecified atom stereocenters. The lowest BCUT2D eigenvalue weighted by Crippen LogP contribution is -2.11. The number of furan rings is 1. The Bertz CT molecular complexity index is 944. The molecule has 3 aromatic rings. The molecule has 0 radical (unpaired) electrons. The van der Waals surface area contributed by atoms with Gasteiger partial charge in [0.25, 0.3) is 5.91 Å². The second kappa shape index (κ2) is 7.53. The summed E-state index contributed by atoms with van der Waals surface area (Å²) in [4.78, 5) is 29.6. The van der Waals surface area contributed by atoms with E-state index in [1.54, 1.807) is 26.8 Å². The average molecular weight is 370 g/mol. The van der Waals surface area contributed by atoms with Crippen LogP contribution in [0.25, 0.3) is 11.3 Å². The van der Waals surface area contributed by atoms with Crippen molar-refractivity contribution in [1.82, 2.24) is 4.98 Å². The third-order valence-corrected chi connectivity index (χ3v) is 4.59. The fraction of sp³-hybridized carbons (Fsp3) is 0.211. The van der Waals surface area contributed by atoms with Crippen LogP contribution in [0.5, 0.6) is 0 Å². The van der Waals surface area contributed by atoms with Gasteiger partial charge in [-0.2, -0.15) is 0 Å². The molecular weight excluding hydrogens is 352 g/mol. The van der Waals surface area contributed by atoms with Crippen molar-refractivity contribution in [3.8, 4) is 11.3 Å². The molecule has 6 nitrogen and oxygen atoms in total. The number of ether oxygens (including phenoxy) is 1. The molecule has 3 rings (SSSR count). The number of hydrogen-bond donors (Lipinski definition) is 1. The molecule has 2 heterocycles. The Morgan fingerprint density at radius 1 is 1.23 bits per heavy atom. The lowest BCUT2D eigenvalue weighted by molar-refractivity contribution is 0.0532. The number of nitrogens with one attached hydrogen (secondary N) is 1. The minimum atomic E-state index is -0.459. The molecular formula is C19H18N2O4S. The highest BCUT2D eigenvalue weighted by atomic mass is 32.1. The summed E-state index contributed by atoms with van der Waals surface area (Å²) in [6.07, 6.45) is 0. The molecule has 7 heteroatoms. The summed E-state index contributed by atoms with van der Waals surface area (Å²) < 4.78 is 10.5. The smallest absolute Gasteiger partial charge is 0.350 e. The molecule has 0 saturated carbocycles. The van der Waals surface area contributed by atoms with Gasteiger partial charge in [0.15, 0.2) is 5.13 Å². The summed E-state index contributed by atoms with van der Waals surface area (Å²) in [5, 5.41) is 3.07. The molecule has 0 fully saturated rings. The Balaban J connectivity index is 1.94. The van der Waals surface area contributed by atoms with E-state index in [0.29, 0.717) is 32.8 Å². The lowest BCUT2D eigenvalue weighted by atomic mass is 10.1. The molecule has 0 bridgehead atoms. The minimum absolute atomic E-state index is 0.264. The van der Waals surface area contributed by atoms with Crippen LogP contribution in [0, 0.1) is 13.8 Å². The first-order chi connectivity index (χ1) is 12.5. The highest BCUT2D eigenvalue weighted by Crippen LogP contribution is 2.32. The van der Waals surface area contributed by atoms with Crippen molar-refractivity contribution >= 4 is 28.3 Å². The number of aryl methyl sites for hydroxylation is 2. The van der Waals surface area contributed by atoms with E-state index in [0.717, 1.165) is 16.9 Å². The Morgan fingerprint density at radius 2 is 1.96 bits per heavy atom. The maximum absolute atomic E-state index is 12.5. The van der Waals surface area contributed by atoms with E-state index in [1.165, 1.54) is 0 Å². The SMILES string of the molecule is CCOC(=O)c1sc(NC(=O)c2cc(C)oc2C)nc1-c1ccccc1. The zero-order chi connectivity index (χ0) is 18.7. The zero-order valence-corrected chi connectivity index (χ0v) is 15.5. The Labute approximate surface area is 154 Å². The standard InChI is InChI=1S/C19H18N2O4S/c1-4-24-18(23)16-15(13-8-6-5-7-9-13)20-19(26-16)21-17(22)14-10-11(2)25-12(14)3/h5-10H,4H2,1-3H3,(H,20,21,22). The van der Waals surface area contributed by atoms with E-state index in [-0.39, 0.29) is 12.5 Å². The van der Waals surface area contributed by atoms with Gasteiger partial charge in [-0.15, -0.1) is 0 Å². The van der Waals surface area contributed by atoms with Crippen LogP contribution < -0.4 is 5.32 Å². The van der Waals surface area contributed by atoms with Gasteiger partial charge in [-0.3, -0.25) is 10.1 Å². The number of aromatic nitrogens is 1. The summed E-state index contributed by atoms with van der Waals surface area (Å²) in [6, 6.07) is 11.0. The van der Waals surface area contributed by atoms with Crippen LogP contribution in [-0.4, -0.2) is 23.5 Å². The number of benzene rings is 1. The van der Waals surface area contributed by atoms with Crippen molar-refractivity contribution in [2.45, 2.75) is 20.8 Å². The number of carbonyl (C=O) groups is 2. The normalized spacial score (nSPS) is 10.6. The largest absolute Gasteiger partial charge is 0.466 e. The molecule has 1 N–H and O–H groups in total. The van der Waals surface area contributed by atoms with Crippen molar-refractivity contribution < 1.29 is 18.7 Å². The van der Waals surface area contributed by atoms with Crippen molar-refractivity contribution in [3.05, 3.63) is 58.4 Å². The van der Waals surface area contributed by atoms with Crippen molar-refractivity contribution in [3.63, 3.8) is 0 Å². The molecule has 0 aliphatic heterocycles. The van der Waals surface area contributed by atoms with Crippen LogP contribution in [0.2, 0.25) is 0 Å². The maximum atomic E-state index is 12.5. The quantitative estimate of drug-likeness (QED) is 0.671. The average Bonchev–Trinajstić information content (AvgIpc) is 3.19. The van der Waals surface area contributed by atoms with Gasteiger partial charge in [0.2, 0.25) is 0 Å². The van der Waals surface area contributed by atoms with Gasteiger partial charge in [-0.1, -0.05) is 41.7 Å². The van der Waals surface area contributed by atoms with Crippen LogP contribution >= 0.6 is 11.3 Å². The summed E-state index contributed by atoms with van der Waals surface area (Å²) >= 11 is 1.09. The van der Waals surface area contributed by atoms with Crippen LogP contribution in [0.3, 0.4) is 0 Å². The highest BCUT2D eigenvalue weighted by Gasteiger charge is 2.22. The third-order valence-electron chi connectivity index (χ3n) is 3.64. The fourth-order valence-electron chi connectivity index (χ4n) is 2.52. The predicted octanol–water partition coefficient (Wildman–Crippen LogP) is 4.45. The molecule has 1 amide bonds. The van der Waals surface area contributed by atoms with Crippen molar-refractivity contribution in [1.29, 1.82) is 0 Å². The molecule has 0 spiro atoms. The topological polar surface area (TPSA) is 81.4 Å². The first kappa shape index (κ1) is 17.9. The monoisotopic (exact) mass is 370 g/mol. The van der Waals surface area contributed by atoms with Crippen LogP contribution in [0.4, 0.5) is 5.13 Å². The van der Waals surface area contributed by atoms with Gasteiger partial charge < -0.3 is 9.15 Å². The second-order valence-electron chi connectivity index (χ2n) is 5.56. The minimum Gasteiger partial charge on any atom is -0.466 e. The van der Waals surface area contributed by atoms with Crippen molar-refractivity contribution in [2.75, 3.05) is 11.9 Å². The number of rotatable bonds is 5. The molecule has 1 aromatic carbocycles. The number of hydrogen-bond acceptors (Lipinski definition) is 6. The van der Waals surface area contributed by atoms with Gasteiger partial charge in [0.1, 0.15) is 16.4 Å².